The van der Waals surface area contributed by atoms with Crippen molar-refractivity contribution < 1.29 is 22.7 Å². The SMILES string of the molecule is OCc1ncoc1CC(F)(F)F. The predicted octanol–water partition coefficient (Wildman–Crippen LogP) is 1.27. The highest BCUT2D eigenvalue weighted by molar-refractivity contribution is 5.06. The molecular formula is C6H6F3NO2. The Morgan fingerprint density at radius 3 is 2.67 bits per heavy atom. The Labute approximate surface area is 65.8 Å². The molecule has 0 aliphatic rings. The van der Waals surface area contributed by atoms with E-state index in [1.54, 1.807) is 0 Å². The quantitative estimate of drug-likeness (QED) is 0.747. The van der Waals surface area contributed by atoms with Gasteiger partial charge in [-0.2, -0.15) is 13.2 Å². The van der Waals surface area contributed by atoms with E-state index < -0.39 is 19.2 Å². The van der Waals surface area contributed by atoms with Crippen LogP contribution in [0.2, 0.25) is 0 Å². The van der Waals surface area contributed by atoms with Crippen LogP contribution >= 0.6 is 0 Å². The van der Waals surface area contributed by atoms with Gasteiger partial charge >= 0.3 is 6.18 Å². The van der Waals surface area contributed by atoms with Crippen LogP contribution in [0, 0.1) is 0 Å². The summed E-state index contributed by atoms with van der Waals surface area (Å²) in [6.45, 7) is -0.540. The second-order valence-electron chi connectivity index (χ2n) is 2.17. The maximum absolute atomic E-state index is 11.8. The van der Waals surface area contributed by atoms with E-state index in [9.17, 15) is 13.2 Å². The van der Waals surface area contributed by atoms with Gasteiger partial charge in [0.2, 0.25) is 0 Å². The number of nitrogens with zero attached hydrogens (tertiary/aromatic N) is 1. The highest BCUT2D eigenvalue weighted by atomic mass is 19.4. The second kappa shape index (κ2) is 3.14. The van der Waals surface area contributed by atoms with E-state index in [2.05, 4.69) is 9.40 Å². The first-order valence-corrected chi connectivity index (χ1v) is 3.12. The first kappa shape index (κ1) is 9.05. The fraction of sp³-hybridized carbons (Fsp3) is 0.500. The number of hydrogen-bond donors (Lipinski definition) is 1. The molecule has 1 N–H and O–H groups in total. The Balaban J connectivity index is 2.75. The van der Waals surface area contributed by atoms with Gasteiger partial charge in [0.05, 0.1) is 6.61 Å². The molecule has 0 amide bonds. The molecule has 1 aromatic rings. The number of alkyl halides is 3. The van der Waals surface area contributed by atoms with Crippen LogP contribution in [0.5, 0.6) is 0 Å². The predicted molar refractivity (Wildman–Crippen MR) is 32.2 cm³/mol. The molecule has 6 heteroatoms. The molecule has 1 aromatic heterocycles. The lowest BCUT2D eigenvalue weighted by Gasteiger charge is -2.03. The summed E-state index contributed by atoms with van der Waals surface area (Å²) < 4.78 is 39.7. The van der Waals surface area contributed by atoms with Crippen molar-refractivity contribution in [2.45, 2.75) is 19.2 Å². The van der Waals surface area contributed by atoms with Crippen LogP contribution in [0.3, 0.4) is 0 Å². The van der Waals surface area contributed by atoms with Crippen LogP contribution in [0.15, 0.2) is 10.8 Å². The number of oxazole rings is 1. The summed E-state index contributed by atoms with van der Waals surface area (Å²) in [6.07, 6.45) is -4.64. The Morgan fingerprint density at radius 1 is 1.50 bits per heavy atom. The Morgan fingerprint density at radius 2 is 2.17 bits per heavy atom. The second-order valence-corrected chi connectivity index (χ2v) is 2.17. The van der Waals surface area contributed by atoms with Crippen LogP contribution in [0.1, 0.15) is 11.5 Å². The summed E-state index contributed by atoms with van der Waals surface area (Å²) in [4.78, 5) is 3.40. The highest BCUT2D eigenvalue weighted by Gasteiger charge is 2.31. The molecule has 0 saturated carbocycles. The van der Waals surface area contributed by atoms with E-state index in [-0.39, 0.29) is 11.5 Å². The Hall–Kier alpha value is -1.04. The summed E-state index contributed by atoms with van der Waals surface area (Å²) in [5, 5.41) is 8.51. The van der Waals surface area contributed by atoms with Gasteiger partial charge in [-0.25, -0.2) is 4.98 Å². The summed E-state index contributed by atoms with van der Waals surface area (Å²) in [6, 6.07) is 0. The Bertz CT molecular complexity index is 256. The number of aliphatic hydroxyl groups excluding tert-OH is 1. The van der Waals surface area contributed by atoms with Gasteiger partial charge in [0.15, 0.2) is 6.39 Å². The molecule has 0 saturated heterocycles. The van der Waals surface area contributed by atoms with Crippen molar-refractivity contribution in [1.82, 2.24) is 4.98 Å². The van der Waals surface area contributed by atoms with Crippen LogP contribution in [0.4, 0.5) is 13.2 Å². The van der Waals surface area contributed by atoms with Gasteiger partial charge < -0.3 is 9.52 Å². The number of aliphatic hydroxyl groups is 1. The molecular weight excluding hydrogens is 175 g/mol. The van der Waals surface area contributed by atoms with Crippen molar-refractivity contribution in [3.05, 3.63) is 17.8 Å². The van der Waals surface area contributed by atoms with Crippen LogP contribution in [0.25, 0.3) is 0 Å². The number of halogens is 3. The minimum atomic E-state index is -4.33. The fourth-order valence-electron chi connectivity index (χ4n) is 0.748. The molecule has 0 aliphatic carbocycles. The monoisotopic (exact) mass is 181 g/mol. The zero-order valence-electron chi connectivity index (χ0n) is 5.93. The van der Waals surface area contributed by atoms with E-state index in [4.69, 9.17) is 5.11 Å². The van der Waals surface area contributed by atoms with E-state index in [1.165, 1.54) is 0 Å². The molecule has 0 aliphatic heterocycles. The number of aromatic nitrogens is 1. The van der Waals surface area contributed by atoms with Crippen LogP contribution in [-0.2, 0) is 13.0 Å². The van der Waals surface area contributed by atoms with Crippen molar-refractivity contribution in [1.29, 1.82) is 0 Å². The molecule has 0 unspecified atom stereocenters. The Kier molecular flexibility index (Phi) is 2.37. The average Bonchev–Trinajstić information content (AvgIpc) is 2.31. The minimum Gasteiger partial charge on any atom is -0.448 e. The third kappa shape index (κ3) is 2.23. The smallest absolute Gasteiger partial charge is 0.396 e. The molecule has 1 heterocycles. The van der Waals surface area contributed by atoms with E-state index in [0.717, 1.165) is 6.39 Å². The van der Waals surface area contributed by atoms with Gasteiger partial charge in [-0.05, 0) is 0 Å². The van der Waals surface area contributed by atoms with Crippen molar-refractivity contribution in [2.75, 3.05) is 0 Å². The van der Waals surface area contributed by atoms with Gasteiger partial charge in [-0.15, -0.1) is 0 Å². The summed E-state index contributed by atoms with van der Waals surface area (Å²) in [5.74, 6) is -0.329. The molecule has 0 bridgehead atoms. The molecule has 0 radical (unpaired) electrons. The standard InChI is InChI=1S/C6H6F3NO2/c7-6(8,9)1-5-4(2-11)10-3-12-5/h3,11H,1-2H2. The first-order valence-electron chi connectivity index (χ1n) is 3.12. The first-order chi connectivity index (χ1) is 5.53. The average molecular weight is 181 g/mol. The highest BCUT2D eigenvalue weighted by Crippen LogP contribution is 2.22. The zero-order valence-corrected chi connectivity index (χ0v) is 5.93. The van der Waals surface area contributed by atoms with Gasteiger partial charge in [-0.3, -0.25) is 0 Å². The van der Waals surface area contributed by atoms with Gasteiger partial charge in [0.1, 0.15) is 17.9 Å². The molecule has 12 heavy (non-hydrogen) atoms. The minimum absolute atomic E-state index is 0.0627. The van der Waals surface area contributed by atoms with E-state index >= 15 is 0 Å². The van der Waals surface area contributed by atoms with E-state index in [0.29, 0.717) is 0 Å². The van der Waals surface area contributed by atoms with Crippen molar-refractivity contribution in [3.8, 4) is 0 Å². The summed E-state index contributed by atoms with van der Waals surface area (Å²) in [5.41, 5.74) is -0.0627. The van der Waals surface area contributed by atoms with Gasteiger partial charge in [0, 0.05) is 0 Å². The molecule has 0 atom stereocenters. The summed E-state index contributed by atoms with van der Waals surface area (Å²) >= 11 is 0. The number of rotatable bonds is 2. The van der Waals surface area contributed by atoms with Crippen LogP contribution in [-0.4, -0.2) is 16.3 Å². The fourth-order valence-corrected chi connectivity index (χ4v) is 0.748. The maximum Gasteiger partial charge on any atom is 0.396 e. The maximum atomic E-state index is 11.8. The van der Waals surface area contributed by atoms with Crippen LogP contribution < -0.4 is 0 Å². The zero-order chi connectivity index (χ0) is 9.19. The van der Waals surface area contributed by atoms with Crippen molar-refractivity contribution in [3.63, 3.8) is 0 Å². The van der Waals surface area contributed by atoms with Gasteiger partial charge in [-0.1, -0.05) is 0 Å². The van der Waals surface area contributed by atoms with E-state index in [1.807, 2.05) is 0 Å². The van der Waals surface area contributed by atoms with Crippen molar-refractivity contribution in [2.24, 2.45) is 0 Å². The lowest BCUT2D eigenvalue weighted by atomic mass is 10.3. The topological polar surface area (TPSA) is 46.3 Å². The van der Waals surface area contributed by atoms with Gasteiger partial charge in [0.25, 0.3) is 0 Å². The molecule has 3 nitrogen and oxygen atoms in total. The van der Waals surface area contributed by atoms with Crippen molar-refractivity contribution >= 4 is 0 Å². The summed E-state index contributed by atoms with van der Waals surface area (Å²) in [7, 11) is 0. The lowest BCUT2D eigenvalue weighted by Crippen LogP contribution is -2.12. The third-order valence-electron chi connectivity index (χ3n) is 1.24. The molecule has 1 rings (SSSR count). The molecule has 0 aromatic carbocycles. The largest absolute Gasteiger partial charge is 0.448 e. The number of hydrogen-bond acceptors (Lipinski definition) is 3. The third-order valence-corrected chi connectivity index (χ3v) is 1.24. The lowest BCUT2D eigenvalue weighted by molar-refractivity contribution is -0.130. The molecule has 0 fully saturated rings. The molecule has 0 spiro atoms. The normalized spacial score (nSPS) is 12.0. The molecule has 68 valence electrons.